The van der Waals surface area contributed by atoms with Gasteiger partial charge in [0.25, 0.3) is 5.91 Å². The van der Waals surface area contributed by atoms with Gasteiger partial charge in [-0.25, -0.2) is 9.97 Å². The van der Waals surface area contributed by atoms with Gasteiger partial charge in [0.15, 0.2) is 5.13 Å². The van der Waals surface area contributed by atoms with Crippen molar-refractivity contribution in [2.75, 3.05) is 12.4 Å². The van der Waals surface area contributed by atoms with Crippen LogP contribution in [0, 0.1) is 13.8 Å². The molecule has 0 saturated heterocycles. The van der Waals surface area contributed by atoms with Crippen molar-refractivity contribution < 1.29 is 13.6 Å². The molecule has 0 aliphatic carbocycles. The number of aryl methyl sites for hydroxylation is 3. The Bertz CT molecular complexity index is 1700. The van der Waals surface area contributed by atoms with Crippen molar-refractivity contribution in [3.8, 4) is 28.3 Å². The minimum atomic E-state index is -2.34. The molecule has 11 heteroatoms. The number of halogens is 1. The van der Waals surface area contributed by atoms with Gasteiger partial charge in [-0.15, -0.1) is 0 Å². The number of nitrogens with zero attached hydrogens (tertiary/aromatic N) is 6. The lowest BCUT2D eigenvalue weighted by atomic mass is 10.0. The van der Waals surface area contributed by atoms with Gasteiger partial charge < -0.3 is 4.74 Å². The predicted octanol–water partition coefficient (Wildman–Crippen LogP) is 5.08. The van der Waals surface area contributed by atoms with E-state index in [9.17, 15) is 4.79 Å². The summed E-state index contributed by atoms with van der Waals surface area (Å²) in [4.78, 5) is 30.6. The second-order valence-electron chi connectivity index (χ2n) is 7.62. The molecule has 35 heavy (non-hydrogen) atoms. The summed E-state index contributed by atoms with van der Waals surface area (Å²) in [6.45, 7) is -0.521. The number of hydrogen-bond acceptors (Lipinski definition) is 8. The van der Waals surface area contributed by atoms with E-state index in [1.165, 1.54) is 47.9 Å². The van der Waals surface area contributed by atoms with E-state index in [1.807, 2.05) is 6.92 Å². The molecular formula is C24H20ClN7O2S. The molecule has 5 heterocycles. The summed E-state index contributed by atoms with van der Waals surface area (Å²) >= 11 is 7.37. The zero-order valence-corrected chi connectivity index (χ0v) is 20.4. The molecule has 0 unspecified atom stereocenters. The molecule has 1 N–H and O–H groups in total. The largest absolute Gasteiger partial charge is 0.494 e. The Morgan fingerprint density at radius 2 is 2.00 bits per heavy atom. The summed E-state index contributed by atoms with van der Waals surface area (Å²) in [5, 5.41) is 7.53. The fourth-order valence-electron chi connectivity index (χ4n) is 3.67. The van der Waals surface area contributed by atoms with Crippen molar-refractivity contribution in [3.05, 3.63) is 65.0 Å². The summed E-state index contributed by atoms with van der Waals surface area (Å²) in [5.74, 6) is 0.0327. The van der Waals surface area contributed by atoms with Crippen molar-refractivity contribution in [2.45, 2.75) is 13.8 Å². The van der Waals surface area contributed by atoms with Crippen molar-refractivity contribution in [1.82, 2.24) is 29.7 Å². The van der Waals surface area contributed by atoms with E-state index in [0.29, 0.717) is 54.9 Å². The zero-order chi connectivity index (χ0) is 27.2. The van der Waals surface area contributed by atoms with Gasteiger partial charge in [-0.05, 0) is 37.5 Å². The number of carbonyl (C=O) groups excluding carboxylic acids is 1. The molecule has 176 valence electrons. The van der Waals surface area contributed by atoms with Gasteiger partial charge in [0.05, 0.1) is 47.4 Å². The van der Waals surface area contributed by atoms with Crippen molar-refractivity contribution >= 4 is 44.2 Å². The Kier molecular flexibility index (Phi) is 5.02. The maximum atomic E-state index is 13.4. The van der Waals surface area contributed by atoms with Crippen LogP contribution in [-0.4, -0.2) is 42.7 Å². The molecule has 0 bridgehead atoms. The number of amides is 1. The fourth-order valence-corrected chi connectivity index (χ4v) is 4.70. The van der Waals surface area contributed by atoms with E-state index in [4.69, 9.17) is 20.5 Å². The molecule has 0 fully saturated rings. The number of aromatic nitrogens is 6. The normalized spacial score (nSPS) is 12.7. The van der Waals surface area contributed by atoms with E-state index in [1.54, 1.807) is 25.2 Å². The first kappa shape index (κ1) is 19.4. The predicted molar refractivity (Wildman–Crippen MR) is 136 cm³/mol. The van der Waals surface area contributed by atoms with Gasteiger partial charge in [0, 0.05) is 34.2 Å². The van der Waals surface area contributed by atoms with Crippen LogP contribution in [0.1, 0.15) is 25.7 Å². The molecule has 0 aliphatic heterocycles. The van der Waals surface area contributed by atoms with Crippen molar-refractivity contribution in [2.24, 2.45) is 7.05 Å². The monoisotopic (exact) mass is 508 g/mol. The summed E-state index contributed by atoms with van der Waals surface area (Å²) < 4.78 is 31.0. The van der Waals surface area contributed by atoms with Crippen LogP contribution < -0.4 is 10.1 Å². The second-order valence-corrected chi connectivity index (χ2v) is 9.04. The van der Waals surface area contributed by atoms with Crippen LogP contribution in [0.25, 0.3) is 32.7 Å². The summed E-state index contributed by atoms with van der Waals surface area (Å²) in [7, 11) is 3.17. The second kappa shape index (κ2) is 9.05. The molecule has 5 rings (SSSR count). The Morgan fingerprint density at radius 1 is 1.14 bits per heavy atom. The van der Waals surface area contributed by atoms with Gasteiger partial charge >= 0.3 is 0 Å². The van der Waals surface area contributed by atoms with Crippen LogP contribution >= 0.6 is 22.9 Å². The van der Waals surface area contributed by atoms with Crippen LogP contribution in [0.3, 0.4) is 0 Å². The van der Waals surface area contributed by atoms with Crippen LogP contribution in [0.5, 0.6) is 5.75 Å². The summed E-state index contributed by atoms with van der Waals surface area (Å²) in [6, 6.07) is 5.13. The molecular weight excluding hydrogens is 486 g/mol. The first-order valence-electron chi connectivity index (χ1n) is 11.8. The van der Waals surface area contributed by atoms with E-state index in [0.717, 1.165) is 0 Å². The molecule has 1 amide bonds. The third-order valence-corrected chi connectivity index (χ3v) is 6.45. The number of carbonyl (C=O) groups is 1. The number of rotatable bonds is 5. The number of hydrogen-bond donors (Lipinski definition) is 1. The van der Waals surface area contributed by atoms with Gasteiger partial charge in [-0.1, -0.05) is 22.9 Å². The lowest BCUT2D eigenvalue weighted by Crippen LogP contribution is -2.14. The average molecular weight is 509 g/mol. The average Bonchev–Trinajstić information content (AvgIpc) is 3.45. The number of anilines is 1. The Morgan fingerprint density at radius 3 is 2.80 bits per heavy atom. The maximum Gasteiger partial charge on any atom is 0.259 e. The van der Waals surface area contributed by atoms with Crippen molar-refractivity contribution in [3.63, 3.8) is 0 Å². The van der Waals surface area contributed by atoms with E-state index in [2.05, 4.69) is 30.4 Å². The SMILES string of the molecule is [2H]C([2H])([2H])c1cnn(C)c1-c1cc2sc(NC(=O)c3cnc(C)cc3-c3cc(Cl)ncc3OC)nc2cn1. The number of methoxy groups -OCH3 is 1. The number of thiazole rings is 1. The summed E-state index contributed by atoms with van der Waals surface area (Å²) in [6.07, 6.45) is 5.84. The number of fused-ring (bicyclic) bond motifs is 1. The number of nitrogens with one attached hydrogen (secondary N) is 1. The van der Waals surface area contributed by atoms with Gasteiger partial charge in [0.2, 0.25) is 0 Å². The molecule has 0 radical (unpaired) electrons. The van der Waals surface area contributed by atoms with Gasteiger partial charge in [-0.2, -0.15) is 5.10 Å². The molecule has 0 saturated carbocycles. The third-order valence-electron chi connectivity index (χ3n) is 5.31. The van der Waals surface area contributed by atoms with Gasteiger partial charge in [0.1, 0.15) is 16.4 Å². The maximum absolute atomic E-state index is 13.4. The molecule has 0 spiro atoms. The lowest BCUT2D eigenvalue weighted by molar-refractivity contribution is 0.102. The highest BCUT2D eigenvalue weighted by Crippen LogP contribution is 2.35. The topological polar surface area (TPSA) is 108 Å². The first-order chi connectivity index (χ1) is 18.0. The van der Waals surface area contributed by atoms with Crippen LogP contribution in [0.15, 0.2) is 43.0 Å². The molecule has 0 aliphatic rings. The van der Waals surface area contributed by atoms with Crippen LogP contribution in [-0.2, 0) is 7.05 Å². The van der Waals surface area contributed by atoms with Crippen LogP contribution in [0.4, 0.5) is 5.13 Å². The highest BCUT2D eigenvalue weighted by atomic mass is 35.5. The molecule has 0 atom stereocenters. The van der Waals surface area contributed by atoms with E-state index < -0.39 is 12.8 Å². The number of pyridine rings is 3. The molecule has 5 aromatic heterocycles. The van der Waals surface area contributed by atoms with E-state index >= 15 is 0 Å². The first-order valence-corrected chi connectivity index (χ1v) is 11.5. The molecule has 9 nitrogen and oxygen atoms in total. The minimum absolute atomic E-state index is 0.107. The Hall–Kier alpha value is -3.89. The van der Waals surface area contributed by atoms with E-state index in [-0.39, 0.29) is 10.7 Å². The van der Waals surface area contributed by atoms with Crippen molar-refractivity contribution in [1.29, 1.82) is 0 Å². The Labute approximate surface area is 214 Å². The molecule has 5 aromatic rings. The zero-order valence-electron chi connectivity index (χ0n) is 21.8. The highest BCUT2D eigenvalue weighted by molar-refractivity contribution is 7.22. The minimum Gasteiger partial charge on any atom is -0.494 e. The van der Waals surface area contributed by atoms with Crippen LogP contribution in [0.2, 0.25) is 5.15 Å². The summed E-state index contributed by atoms with van der Waals surface area (Å²) in [5.41, 5.74) is 3.68. The fraction of sp³-hybridized carbons (Fsp3) is 0.167. The highest BCUT2D eigenvalue weighted by Gasteiger charge is 2.20. The Balaban J connectivity index is 1.50. The number of ether oxygens (including phenoxy) is 1. The smallest absolute Gasteiger partial charge is 0.259 e. The standard InChI is InChI=1S/C24H20ClN7O2S/c1-12-8-29-32(3)22(12)17-7-20-18(10-27-17)30-24(35-20)31-23(33)16-9-26-13(2)5-14(16)15-6-21(25)28-11-19(15)34-4/h5-11H,1-4H3,(H,30,31,33)/i1D3. The quantitative estimate of drug-likeness (QED) is 0.330. The lowest BCUT2D eigenvalue weighted by Gasteiger charge is -2.13. The third kappa shape index (κ3) is 4.33. The molecule has 0 aromatic carbocycles. The van der Waals surface area contributed by atoms with Gasteiger partial charge in [-0.3, -0.25) is 24.8 Å².